The summed E-state index contributed by atoms with van der Waals surface area (Å²) in [7, 11) is 0. The third-order valence-electron chi connectivity index (χ3n) is 4.85. The Kier molecular flexibility index (Phi) is 6.52. The zero-order chi connectivity index (χ0) is 24.2. The first-order valence-electron chi connectivity index (χ1n) is 10.2. The molecule has 0 fully saturated rings. The molecule has 0 aliphatic rings. The number of hydrogen-bond acceptors (Lipinski definition) is 1. The summed E-state index contributed by atoms with van der Waals surface area (Å²) in [4.78, 5) is 0. The highest BCUT2D eigenvalue weighted by Gasteiger charge is 2.10. The largest absolute Gasteiger partial charge is 0.494 e. The number of ether oxygens (including phenoxy) is 1. The Morgan fingerprint density at radius 3 is 1.88 bits per heavy atom. The van der Waals surface area contributed by atoms with Gasteiger partial charge in [0, 0.05) is 23.3 Å². The monoisotopic (exact) mass is 462 g/mol. The maximum Gasteiger partial charge on any atom is 0.159 e. The van der Waals surface area contributed by atoms with Gasteiger partial charge < -0.3 is 4.74 Å². The van der Waals surface area contributed by atoms with Gasteiger partial charge in [-0.15, -0.1) is 0 Å². The lowest BCUT2D eigenvalue weighted by molar-refractivity contribution is 0.335. The van der Waals surface area contributed by atoms with Crippen molar-refractivity contribution < 1.29 is 26.7 Å². The van der Waals surface area contributed by atoms with Gasteiger partial charge in [0.1, 0.15) is 23.2 Å². The lowest BCUT2D eigenvalue weighted by Gasteiger charge is -2.04. The molecule has 0 unspecified atom stereocenters. The Balaban J connectivity index is 1.58. The van der Waals surface area contributed by atoms with Crippen molar-refractivity contribution in [3.8, 4) is 29.4 Å². The second-order valence-electron chi connectivity index (χ2n) is 7.22. The first-order valence-corrected chi connectivity index (χ1v) is 10.2. The highest BCUT2D eigenvalue weighted by molar-refractivity contribution is 5.84. The molecule has 0 aromatic heterocycles. The number of benzene rings is 4. The number of hydrogen-bond donors (Lipinski definition) is 0. The zero-order valence-corrected chi connectivity index (χ0v) is 17.8. The van der Waals surface area contributed by atoms with Crippen molar-refractivity contribution in [3.05, 3.63) is 112 Å². The first-order chi connectivity index (χ1) is 16.3. The van der Waals surface area contributed by atoms with Crippen LogP contribution in [-0.4, -0.2) is 6.61 Å². The molecule has 0 N–H and O–H groups in total. The molecule has 0 heterocycles. The summed E-state index contributed by atoms with van der Waals surface area (Å²) < 4.78 is 74.6. The average Bonchev–Trinajstić information content (AvgIpc) is 2.79. The Bertz CT molecular complexity index is 1510. The third-order valence-corrected chi connectivity index (χ3v) is 4.85. The normalized spacial score (nSPS) is 10.3. The van der Waals surface area contributed by atoms with Crippen LogP contribution in [0, 0.1) is 52.8 Å². The molecule has 34 heavy (non-hydrogen) atoms. The molecule has 0 aliphatic heterocycles. The summed E-state index contributed by atoms with van der Waals surface area (Å²) in [5, 5.41) is 0.976. The van der Waals surface area contributed by atoms with Gasteiger partial charge in [-0.05, 0) is 60.2 Å². The van der Waals surface area contributed by atoms with E-state index in [1.165, 1.54) is 12.1 Å². The molecule has 0 bridgehead atoms. The summed E-state index contributed by atoms with van der Waals surface area (Å²) in [6, 6.07) is 13.0. The number of halogens is 5. The molecule has 4 aromatic rings. The topological polar surface area (TPSA) is 9.23 Å². The van der Waals surface area contributed by atoms with Crippen LogP contribution in [0.15, 0.2) is 60.7 Å². The molecule has 0 aliphatic carbocycles. The van der Waals surface area contributed by atoms with Crippen molar-refractivity contribution in [2.24, 2.45) is 0 Å². The zero-order valence-electron chi connectivity index (χ0n) is 17.8. The molecule has 0 saturated carbocycles. The van der Waals surface area contributed by atoms with Gasteiger partial charge in [0.25, 0.3) is 0 Å². The molecule has 4 aromatic carbocycles. The molecule has 0 saturated heterocycles. The minimum absolute atomic E-state index is 0.0562. The van der Waals surface area contributed by atoms with Crippen LogP contribution in [0.25, 0.3) is 10.8 Å². The van der Waals surface area contributed by atoms with Gasteiger partial charge in [0.05, 0.1) is 17.7 Å². The number of fused-ring (bicyclic) bond motifs is 1. The van der Waals surface area contributed by atoms with Crippen LogP contribution < -0.4 is 4.74 Å². The van der Waals surface area contributed by atoms with Crippen LogP contribution in [0.3, 0.4) is 0 Å². The molecule has 0 radical (unpaired) electrons. The Hall–Kier alpha value is -4.29. The molecule has 0 amide bonds. The van der Waals surface area contributed by atoms with E-state index in [2.05, 4.69) is 23.7 Å². The van der Waals surface area contributed by atoms with E-state index in [0.29, 0.717) is 16.3 Å². The van der Waals surface area contributed by atoms with Crippen molar-refractivity contribution in [2.45, 2.75) is 6.92 Å². The first kappa shape index (κ1) is 22.9. The quantitative estimate of drug-likeness (QED) is 0.237. The van der Waals surface area contributed by atoms with Crippen LogP contribution in [0.1, 0.15) is 29.2 Å². The minimum Gasteiger partial charge on any atom is -0.494 e. The Morgan fingerprint density at radius 2 is 1.21 bits per heavy atom. The fraction of sp³-hybridized carbons (Fsp3) is 0.0714. The maximum absolute atomic E-state index is 14.5. The van der Waals surface area contributed by atoms with Crippen molar-refractivity contribution in [3.63, 3.8) is 0 Å². The summed E-state index contributed by atoms with van der Waals surface area (Å²) in [6.45, 7) is 1.95. The van der Waals surface area contributed by atoms with E-state index in [0.717, 1.165) is 30.3 Å². The van der Waals surface area contributed by atoms with E-state index < -0.39 is 34.6 Å². The van der Waals surface area contributed by atoms with Gasteiger partial charge in [0.2, 0.25) is 0 Å². The van der Waals surface area contributed by atoms with Crippen LogP contribution in [-0.2, 0) is 0 Å². The van der Waals surface area contributed by atoms with Crippen molar-refractivity contribution in [2.75, 3.05) is 6.61 Å². The molecule has 0 atom stereocenters. The molecule has 1 nitrogen and oxygen atoms in total. The molecule has 6 heteroatoms. The van der Waals surface area contributed by atoms with Gasteiger partial charge in [-0.25, -0.2) is 22.0 Å². The number of rotatable bonds is 2. The van der Waals surface area contributed by atoms with Crippen molar-refractivity contribution in [1.82, 2.24) is 0 Å². The molecular weight excluding hydrogens is 447 g/mol. The predicted molar refractivity (Wildman–Crippen MR) is 120 cm³/mol. The smallest absolute Gasteiger partial charge is 0.159 e. The standard InChI is InChI=1S/C28H15F5O/c1-2-34-22-15-25(30)23(26(31)16-22)10-6-18-4-8-19(24(29)12-18)7-3-17-5-9-20-13-27(32)28(33)14-21(20)11-17/h4-5,8-9,11-16H,2H2,1H3. The maximum atomic E-state index is 14.5. The van der Waals surface area contributed by atoms with Gasteiger partial charge in [-0.3, -0.25) is 0 Å². The predicted octanol–water partition coefficient (Wildman–Crippen LogP) is 6.73. The average molecular weight is 462 g/mol. The van der Waals surface area contributed by atoms with E-state index in [9.17, 15) is 22.0 Å². The van der Waals surface area contributed by atoms with Gasteiger partial charge >= 0.3 is 0 Å². The Labute approximate surface area is 192 Å². The van der Waals surface area contributed by atoms with E-state index in [4.69, 9.17) is 4.74 Å². The van der Waals surface area contributed by atoms with Crippen LogP contribution in [0.5, 0.6) is 5.75 Å². The highest BCUT2D eigenvalue weighted by atomic mass is 19.2. The van der Waals surface area contributed by atoms with Crippen LogP contribution >= 0.6 is 0 Å². The van der Waals surface area contributed by atoms with Crippen LogP contribution in [0.4, 0.5) is 22.0 Å². The van der Waals surface area contributed by atoms with Gasteiger partial charge in [-0.1, -0.05) is 29.7 Å². The fourth-order valence-electron chi connectivity index (χ4n) is 3.21. The summed E-state index contributed by atoms with van der Waals surface area (Å²) in [5.41, 5.74) is 0.330. The van der Waals surface area contributed by atoms with Gasteiger partial charge in [-0.2, -0.15) is 0 Å². The molecular formula is C28H15F5O. The summed E-state index contributed by atoms with van der Waals surface area (Å²) >= 11 is 0. The third kappa shape index (κ3) is 5.03. The minimum atomic E-state index is -0.967. The van der Waals surface area contributed by atoms with E-state index >= 15 is 0 Å². The van der Waals surface area contributed by atoms with Gasteiger partial charge in [0.15, 0.2) is 11.6 Å². The lowest BCUT2D eigenvalue weighted by atomic mass is 10.1. The highest BCUT2D eigenvalue weighted by Crippen LogP contribution is 2.21. The fourth-order valence-corrected chi connectivity index (χ4v) is 3.21. The molecule has 168 valence electrons. The second kappa shape index (κ2) is 9.68. The SMILES string of the molecule is CCOc1cc(F)c(C#Cc2ccc(C#Cc3ccc4cc(F)c(F)cc4c3)c(F)c2)c(F)c1. The Morgan fingerprint density at radius 1 is 0.588 bits per heavy atom. The van der Waals surface area contributed by atoms with Crippen molar-refractivity contribution in [1.29, 1.82) is 0 Å². The van der Waals surface area contributed by atoms with Crippen LogP contribution in [0.2, 0.25) is 0 Å². The van der Waals surface area contributed by atoms with E-state index in [1.54, 1.807) is 25.1 Å². The lowest BCUT2D eigenvalue weighted by Crippen LogP contribution is -1.96. The van der Waals surface area contributed by atoms with E-state index in [-0.39, 0.29) is 23.5 Å². The van der Waals surface area contributed by atoms with E-state index in [1.807, 2.05) is 0 Å². The summed E-state index contributed by atoms with van der Waals surface area (Å²) in [6.07, 6.45) is 0. The van der Waals surface area contributed by atoms with Crippen molar-refractivity contribution >= 4 is 10.8 Å². The molecule has 4 rings (SSSR count). The molecule has 0 spiro atoms. The second-order valence-corrected chi connectivity index (χ2v) is 7.22. The summed E-state index contributed by atoms with van der Waals surface area (Å²) in [5.74, 6) is 6.11.